The molecule has 1 aromatic carbocycles. The van der Waals surface area contributed by atoms with Gasteiger partial charge in [0.2, 0.25) is 0 Å². The van der Waals surface area contributed by atoms with Crippen LogP contribution < -0.4 is 9.64 Å². The molecule has 0 saturated heterocycles. The molecule has 0 saturated carbocycles. The van der Waals surface area contributed by atoms with E-state index in [2.05, 4.69) is 0 Å². The minimum atomic E-state index is -4.82. The predicted molar refractivity (Wildman–Crippen MR) is 78.4 cm³/mol. The van der Waals surface area contributed by atoms with E-state index >= 15 is 0 Å². The first-order chi connectivity index (χ1) is 7.74. The average Bonchev–Trinajstić information content (AvgIpc) is 2.30. The maximum atomic E-state index is 6.49. The van der Waals surface area contributed by atoms with Crippen LogP contribution in [0, 0.1) is 0 Å². The van der Waals surface area contributed by atoms with Gasteiger partial charge in [-0.15, -0.1) is 0 Å². The third-order valence-electron chi connectivity index (χ3n) is 2.43. The van der Waals surface area contributed by atoms with E-state index in [0.29, 0.717) is 5.30 Å². The van der Waals surface area contributed by atoms with Crippen LogP contribution in [0.3, 0.4) is 0 Å². The summed E-state index contributed by atoms with van der Waals surface area (Å²) in [7, 11) is 0. The SMILES string of the molecule is Cl[P-](Cl)(Cl)(Cl)(c1ccccc1)[n+]1ccccc1. The van der Waals surface area contributed by atoms with Gasteiger partial charge in [-0.05, 0) is 0 Å². The van der Waals surface area contributed by atoms with Crippen molar-refractivity contribution in [2.24, 2.45) is 0 Å². The Balaban J connectivity index is 2.76. The molecule has 0 bridgehead atoms. The Morgan fingerprint density at radius 2 is 1.18 bits per heavy atom. The predicted octanol–water partition coefficient (Wildman–Crippen LogP) is 4.77. The molecule has 6 heteroatoms. The van der Waals surface area contributed by atoms with E-state index in [0.717, 1.165) is 0 Å². The summed E-state index contributed by atoms with van der Waals surface area (Å²) in [5.41, 5.74) is 0. The van der Waals surface area contributed by atoms with Crippen molar-refractivity contribution in [3.05, 3.63) is 60.9 Å². The quantitative estimate of drug-likeness (QED) is 0.699. The number of aromatic nitrogens is 1. The maximum absolute atomic E-state index is 6.49. The van der Waals surface area contributed by atoms with Crippen molar-refractivity contribution in [1.82, 2.24) is 0 Å². The second-order valence-corrected chi connectivity index (χ2v) is 20.0. The summed E-state index contributed by atoms with van der Waals surface area (Å²) in [6, 6.07) is 14.2. The second kappa shape index (κ2) is 3.73. The molecule has 0 fully saturated rings. The molecule has 2 rings (SSSR count). The van der Waals surface area contributed by atoms with Gasteiger partial charge in [-0.2, -0.15) is 0 Å². The zero-order valence-corrected chi connectivity index (χ0v) is 12.6. The van der Waals surface area contributed by atoms with Crippen molar-refractivity contribution in [1.29, 1.82) is 0 Å². The minimum absolute atomic E-state index is 0.486. The van der Waals surface area contributed by atoms with E-state index in [9.17, 15) is 0 Å². The van der Waals surface area contributed by atoms with Crippen LogP contribution in [0.15, 0.2) is 60.9 Å². The van der Waals surface area contributed by atoms with E-state index in [1.54, 1.807) is 48.8 Å². The van der Waals surface area contributed by atoms with Crippen LogP contribution in [0.4, 0.5) is 0 Å². The van der Waals surface area contributed by atoms with Crippen LogP contribution in [0.25, 0.3) is 0 Å². The number of pyridine rings is 1. The second-order valence-electron chi connectivity index (χ2n) is 3.71. The van der Waals surface area contributed by atoms with Crippen molar-refractivity contribution in [2.45, 2.75) is 0 Å². The van der Waals surface area contributed by atoms with Crippen LogP contribution >= 0.6 is 48.5 Å². The van der Waals surface area contributed by atoms with Crippen molar-refractivity contribution >= 4 is 53.8 Å². The Labute approximate surface area is 119 Å². The average molecular weight is 329 g/mol. The van der Waals surface area contributed by atoms with E-state index in [1.807, 2.05) is 12.1 Å². The third-order valence-corrected chi connectivity index (χ3v) is 9.37. The molecule has 92 valence electrons. The van der Waals surface area contributed by atoms with Gasteiger partial charge in [0.05, 0.1) is 0 Å². The molecule has 0 radical (unpaired) electrons. The third kappa shape index (κ3) is 2.41. The van der Waals surface area contributed by atoms with E-state index in [4.69, 9.17) is 45.0 Å². The van der Waals surface area contributed by atoms with Gasteiger partial charge < -0.3 is 0 Å². The van der Waals surface area contributed by atoms with Crippen LogP contribution in [-0.2, 0) is 0 Å². The van der Waals surface area contributed by atoms with Crippen LogP contribution in [0.1, 0.15) is 0 Å². The van der Waals surface area contributed by atoms with Crippen LogP contribution in [0.2, 0.25) is 0 Å². The first-order valence-corrected chi connectivity index (χ1v) is 11.1. The Kier molecular flexibility index (Phi) is 2.94. The molecule has 1 nitrogen and oxygen atoms in total. The number of benzene rings is 1. The van der Waals surface area contributed by atoms with Crippen molar-refractivity contribution in [3.63, 3.8) is 0 Å². The van der Waals surface area contributed by atoms with Crippen molar-refractivity contribution in [2.75, 3.05) is 0 Å². The molecule has 0 aliphatic rings. The molecule has 2 aromatic rings. The monoisotopic (exact) mass is 327 g/mol. The van der Waals surface area contributed by atoms with Crippen molar-refractivity contribution in [3.8, 4) is 0 Å². The summed E-state index contributed by atoms with van der Waals surface area (Å²) in [6.07, 6.45) is 3.31. The zero-order valence-electron chi connectivity index (χ0n) is 8.68. The van der Waals surface area contributed by atoms with Gasteiger partial charge in [0.1, 0.15) is 0 Å². The van der Waals surface area contributed by atoms with Crippen molar-refractivity contribution < 1.29 is 4.34 Å². The molecule has 0 N–H and O–H groups in total. The molecule has 0 amide bonds. The molecule has 0 aliphatic carbocycles. The molecule has 1 aromatic heterocycles. The van der Waals surface area contributed by atoms with Gasteiger partial charge >= 0.3 is 119 Å². The topological polar surface area (TPSA) is 3.88 Å². The summed E-state index contributed by atoms with van der Waals surface area (Å²) < 4.78 is -3.35. The summed E-state index contributed by atoms with van der Waals surface area (Å²) >= 11 is 26.0. The number of hydrogen-bond donors (Lipinski definition) is 0. The molecule has 0 spiro atoms. The molecule has 17 heavy (non-hydrogen) atoms. The molecular weight excluding hydrogens is 319 g/mol. The molecule has 0 atom stereocenters. The van der Waals surface area contributed by atoms with Crippen LogP contribution in [-0.4, -0.2) is 0 Å². The number of halogens is 4. The summed E-state index contributed by atoms with van der Waals surface area (Å²) in [6.45, 7) is 0. The van der Waals surface area contributed by atoms with E-state index in [-0.39, 0.29) is 0 Å². The van der Waals surface area contributed by atoms with E-state index < -0.39 is 3.51 Å². The standard InChI is InChI=1S/C11H10Cl4NP/c12-17(13,14,15,11-7-3-1-4-8-11)16-9-5-2-6-10-16/h1-10H. The fourth-order valence-corrected chi connectivity index (χ4v) is 5.79. The summed E-state index contributed by atoms with van der Waals surface area (Å²) in [5, 5.41) is 0.486. The number of rotatable bonds is 2. The van der Waals surface area contributed by atoms with Crippen LogP contribution in [0.5, 0.6) is 0 Å². The fraction of sp³-hybridized carbons (Fsp3) is 0. The Bertz CT molecular complexity index is 489. The van der Waals surface area contributed by atoms with Gasteiger partial charge in [-0.3, -0.25) is 0 Å². The van der Waals surface area contributed by atoms with Gasteiger partial charge in [0.25, 0.3) is 0 Å². The molecule has 0 unspecified atom stereocenters. The van der Waals surface area contributed by atoms with Gasteiger partial charge in [-0.1, -0.05) is 0 Å². The number of hydrogen-bond acceptors (Lipinski definition) is 0. The first-order valence-electron chi connectivity index (χ1n) is 4.86. The Hall–Kier alpha value is -0.0400. The fourth-order valence-electron chi connectivity index (χ4n) is 1.51. The Morgan fingerprint density at radius 3 is 1.71 bits per heavy atom. The molecule has 0 aliphatic heterocycles. The van der Waals surface area contributed by atoms with Gasteiger partial charge in [0.15, 0.2) is 0 Å². The van der Waals surface area contributed by atoms with E-state index in [1.165, 1.54) is 4.34 Å². The molecular formula is C11H10Cl4NP. The first kappa shape index (κ1) is 13.4. The van der Waals surface area contributed by atoms with Gasteiger partial charge in [-0.25, -0.2) is 0 Å². The Morgan fingerprint density at radius 1 is 0.706 bits per heavy atom. The normalized spacial score (nSPS) is 16.0. The molecule has 1 heterocycles. The number of nitrogens with zero attached hydrogens (tertiary/aromatic N) is 1. The zero-order chi connectivity index (χ0) is 12.6. The summed E-state index contributed by atoms with van der Waals surface area (Å²) in [5.74, 6) is 0. The van der Waals surface area contributed by atoms with Gasteiger partial charge in [0, 0.05) is 0 Å². The summed E-state index contributed by atoms with van der Waals surface area (Å²) in [4.78, 5) is 0.